The minimum atomic E-state index is -3.90. The molecule has 0 unspecified atom stereocenters. The second-order valence-corrected chi connectivity index (χ2v) is 8.59. The summed E-state index contributed by atoms with van der Waals surface area (Å²) in [7, 11) is -2.36. The number of hydrogen-bond acceptors (Lipinski definition) is 6. The van der Waals surface area contributed by atoms with Crippen molar-refractivity contribution in [3.63, 3.8) is 0 Å². The average Bonchev–Trinajstić information content (AvgIpc) is 3.37. The molecule has 3 rings (SSSR count). The fourth-order valence-electron chi connectivity index (χ4n) is 3.23. The molecule has 29 heavy (non-hydrogen) atoms. The summed E-state index contributed by atoms with van der Waals surface area (Å²) >= 11 is 0. The van der Waals surface area contributed by atoms with Crippen LogP contribution >= 0.6 is 0 Å². The third kappa shape index (κ3) is 4.95. The first-order valence-electron chi connectivity index (χ1n) is 9.48. The summed E-state index contributed by atoms with van der Waals surface area (Å²) in [4.78, 5) is 12.8. The molecular weight excluding hydrogens is 396 g/mol. The number of hydrogen-bond donors (Lipinski definition) is 1. The van der Waals surface area contributed by atoms with Crippen molar-refractivity contribution in [2.24, 2.45) is 0 Å². The number of nitrogens with zero attached hydrogens (tertiary/aromatic N) is 3. The lowest BCUT2D eigenvalue weighted by Crippen LogP contribution is -2.46. The molecule has 1 fully saturated rings. The van der Waals surface area contributed by atoms with Gasteiger partial charge in [0.1, 0.15) is 22.8 Å². The smallest absolute Gasteiger partial charge is 0.247 e. The number of carbonyl (C=O) groups is 1. The Kier molecular flexibility index (Phi) is 6.88. The molecule has 1 saturated heterocycles. The number of ether oxygens (including phenoxy) is 2. The molecule has 0 aliphatic carbocycles. The van der Waals surface area contributed by atoms with Gasteiger partial charge >= 0.3 is 0 Å². The Labute approximate surface area is 170 Å². The first-order valence-corrected chi connectivity index (χ1v) is 10.9. The molecule has 2 aromatic rings. The van der Waals surface area contributed by atoms with Crippen LogP contribution in [0.2, 0.25) is 0 Å². The van der Waals surface area contributed by atoms with Gasteiger partial charge in [-0.2, -0.15) is 9.40 Å². The molecule has 0 spiro atoms. The van der Waals surface area contributed by atoms with Crippen LogP contribution in [0, 0.1) is 0 Å². The van der Waals surface area contributed by atoms with Gasteiger partial charge in [0.2, 0.25) is 15.9 Å². The Morgan fingerprint density at radius 2 is 2.07 bits per heavy atom. The molecule has 0 saturated carbocycles. The number of aryl methyl sites for hydroxylation is 1. The SMILES string of the molecule is CCn1cc(S(=O)(=O)N2C[C@@H](Oc3ccccc3)C[C@@H]2C(=O)NCCOC)cn1. The van der Waals surface area contributed by atoms with E-state index in [0.717, 1.165) is 0 Å². The highest BCUT2D eigenvalue weighted by Crippen LogP contribution is 2.29. The van der Waals surface area contributed by atoms with Gasteiger partial charge < -0.3 is 14.8 Å². The predicted octanol–water partition coefficient (Wildman–Crippen LogP) is 0.876. The van der Waals surface area contributed by atoms with Gasteiger partial charge in [0.25, 0.3) is 0 Å². The van der Waals surface area contributed by atoms with Crippen molar-refractivity contribution < 1.29 is 22.7 Å². The van der Waals surface area contributed by atoms with Crippen molar-refractivity contribution in [1.29, 1.82) is 0 Å². The topological polar surface area (TPSA) is 103 Å². The molecule has 2 atom stereocenters. The molecule has 158 valence electrons. The van der Waals surface area contributed by atoms with Gasteiger partial charge in [-0.25, -0.2) is 8.42 Å². The fraction of sp³-hybridized carbons (Fsp3) is 0.474. The molecule has 10 heteroatoms. The van der Waals surface area contributed by atoms with Crippen molar-refractivity contribution >= 4 is 15.9 Å². The highest BCUT2D eigenvalue weighted by molar-refractivity contribution is 7.89. The van der Waals surface area contributed by atoms with Crippen LogP contribution in [0.25, 0.3) is 0 Å². The molecule has 2 heterocycles. The number of amides is 1. The Morgan fingerprint density at radius 3 is 2.72 bits per heavy atom. The van der Waals surface area contributed by atoms with Gasteiger partial charge in [-0.15, -0.1) is 0 Å². The largest absolute Gasteiger partial charge is 0.489 e. The lowest BCUT2D eigenvalue weighted by molar-refractivity contribution is -0.124. The van der Waals surface area contributed by atoms with Crippen molar-refractivity contribution in [2.45, 2.75) is 36.9 Å². The number of benzene rings is 1. The molecule has 1 aliphatic heterocycles. The second kappa shape index (κ2) is 9.38. The number of methoxy groups -OCH3 is 1. The van der Waals surface area contributed by atoms with Crippen LogP contribution in [0.1, 0.15) is 13.3 Å². The third-order valence-electron chi connectivity index (χ3n) is 4.71. The first kappa shape index (κ1) is 21.3. The monoisotopic (exact) mass is 422 g/mol. The Morgan fingerprint density at radius 1 is 1.31 bits per heavy atom. The zero-order chi connectivity index (χ0) is 20.9. The van der Waals surface area contributed by atoms with E-state index in [1.54, 1.807) is 12.1 Å². The first-order chi connectivity index (χ1) is 14.0. The fourth-order valence-corrected chi connectivity index (χ4v) is 4.82. The van der Waals surface area contributed by atoms with Crippen molar-refractivity contribution in [1.82, 2.24) is 19.4 Å². The zero-order valence-corrected chi connectivity index (χ0v) is 17.3. The summed E-state index contributed by atoms with van der Waals surface area (Å²) in [5.41, 5.74) is 0. The highest BCUT2D eigenvalue weighted by atomic mass is 32.2. The molecule has 1 amide bonds. The van der Waals surface area contributed by atoms with Crippen LogP contribution in [-0.2, 0) is 26.1 Å². The van der Waals surface area contributed by atoms with Gasteiger partial charge in [-0.3, -0.25) is 9.48 Å². The van der Waals surface area contributed by atoms with E-state index in [4.69, 9.17) is 9.47 Å². The molecule has 1 aromatic carbocycles. The molecular formula is C19H26N4O5S. The molecule has 1 aromatic heterocycles. The quantitative estimate of drug-likeness (QED) is 0.602. The third-order valence-corrected chi connectivity index (χ3v) is 6.54. The Bertz CT molecular complexity index is 916. The van der Waals surface area contributed by atoms with E-state index in [1.807, 2.05) is 25.1 Å². The van der Waals surface area contributed by atoms with E-state index < -0.39 is 22.2 Å². The number of carbonyl (C=O) groups excluding carboxylic acids is 1. The van der Waals surface area contributed by atoms with E-state index in [0.29, 0.717) is 25.4 Å². The maximum absolute atomic E-state index is 13.2. The van der Waals surface area contributed by atoms with E-state index >= 15 is 0 Å². The van der Waals surface area contributed by atoms with E-state index in [2.05, 4.69) is 10.4 Å². The van der Waals surface area contributed by atoms with E-state index in [9.17, 15) is 13.2 Å². The van der Waals surface area contributed by atoms with Gasteiger partial charge in [-0.05, 0) is 19.1 Å². The van der Waals surface area contributed by atoms with Crippen LogP contribution in [0.3, 0.4) is 0 Å². The summed E-state index contributed by atoms with van der Waals surface area (Å²) in [6, 6.07) is 8.29. The average molecular weight is 423 g/mol. The lowest BCUT2D eigenvalue weighted by Gasteiger charge is -2.22. The van der Waals surface area contributed by atoms with Crippen LogP contribution < -0.4 is 10.1 Å². The maximum Gasteiger partial charge on any atom is 0.247 e. The zero-order valence-electron chi connectivity index (χ0n) is 16.5. The molecule has 1 aliphatic rings. The Balaban J connectivity index is 1.82. The standard InChI is InChI=1S/C19H26N4O5S/c1-3-22-14-17(12-21-22)29(25,26)23-13-16(28-15-7-5-4-6-8-15)11-18(23)19(24)20-9-10-27-2/h4-8,12,14,16,18H,3,9-11,13H2,1-2H3,(H,20,24)/t16-,18+/m0/s1. The minimum Gasteiger partial charge on any atom is -0.489 e. The molecule has 0 radical (unpaired) electrons. The minimum absolute atomic E-state index is 0.0643. The summed E-state index contributed by atoms with van der Waals surface area (Å²) in [5.74, 6) is 0.266. The highest BCUT2D eigenvalue weighted by Gasteiger charge is 2.45. The van der Waals surface area contributed by atoms with Gasteiger partial charge in [-0.1, -0.05) is 18.2 Å². The number of para-hydroxylation sites is 1. The van der Waals surface area contributed by atoms with Crippen LogP contribution in [0.4, 0.5) is 0 Å². The number of aromatic nitrogens is 2. The number of sulfonamides is 1. The van der Waals surface area contributed by atoms with Crippen LogP contribution in [-0.4, -0.2) is 67.4 Å². The molecule has 1 N–H and O–H groups in total. The molecule has 9 nitrogen and oxygen atoms in total. The summed E-state index contributed by atoms with van der Waals surface area (Å²) in [6.07, 6.45) is 2.60. The van der Waals surface area contributed by atoms with Crippen molar-refractivity contribution in [3.05, 3.63) is 42.7 Å². The van der Waals surface area contributed by atoms with Crippen molar-refractivity contribution in [2.75, 3.05) is 26.8 Å². The molecule has 0 bridgehead atoms. The van der Waals surface area contributed by atoms with Gasteiger partial charge in [0, 0.05) is 32.8 Å². The summed E-state index contributed by atoms with van der Waals surface area (Å²) < 4.78 is 40.1. The number of rotatable bonds is 9. The van der Waals surface area contributed by atoms with E-state index in [-0.39, 0.29) is 23.8 Å². The number of nitrogens with one attached hydrogen (secondary N) is 1. The second-order valence-electron chi connectivity index (χ2n) is 6.69. The maximum atomic E-state index is 13.2. The predicted molar refractivity (Wildman–Crippen MR) is 106 cm³/mol. The lowest BCUT2D eigenvalue weighted by atomic mass is 10.2. The van der Waals surface area contributed by atoms with Crippen molar-refractivity contribution in [3.8, 4) is 5.75 Å². The summed E-state index contributed by atoms with van der Waals surface area (Å²) in [6.45, 7) is 3.15. The van der Waals surface area contributed by atoms with Crippen LogP contribution in [0.5, 0.6) is 5.75 Å². The van der Waals surface area contributed by atoms with Gasteiger partial charge in [0.05, 0.1) is 19.3 Å². The van der Waals surface area contributed by atoms with Gasteiger partial charge in [0.15, 0.2) is 0 Å². The van der Waals surface area contributed by atoms with E-state index in [1.165, 1.54) is 28.5 Å². The Hall–Kier alpha value is -2.43. The normalized spacial score (nSPS) is 19.9. The summed E-state index contributed by atoms with van der Waals surface area (Å²) in [5, 5.41) is 6.79. The van der Waals surface area contributed by atoms with Crippen LogP contribution in [0.15, 0.2) is 47.6 Å².